The Morgan fingerprint density at radius 1 is 1.06 bits per heavy atom. The molecule has 1 heterocycles. The predicted molar refractivity (Wildman–Crippen MR) is 63.3 cm³/mol. The number of hydrogen-bond acceptors (Lipinski definition) is 2. The van der Waals surface area contributed by atoms with Crippen molar-refractivity contribution < 1.29 is 13.5 Å². The summed E-state index contributed by atoms with van der Waals surface area (Å²) in [5.74, 6) is -1.39. The molecule has 1 unspecified atom stereocenters. The maximum Gasteiger partial charge on any atom is 0.248 e. The lowest BCUT2D eigenvalue weighted by molar-refractivity contribution is -0.0550. The zero-order valence-corrected chi connectivity index (χ0v) is 10.6. The third kappa shape index (κ3) is 3.38. The lowest BCUT2D eigenvalue weighted by Gasteiger charge is -2.39. The Hall–Kier alpha value is -0.220. The normalized spacial score (nSPS) is 29.1. The van der Waals surface area contributed by atoms with Crippen molar-refractivity contribution in [1.82, 2.24) is 5.32 Å². The second-order valence-corrected chi connectivity index (χ2v) is 5.46. The second kappa shape index (κ2) is 5.61. The van der Waals surface area contributed by atoms with Crippen LogP contribution in [-0.2, 0) is 4.74 Å². The summed E-state index contributed by atoms with van der Waals surface area (Å²) in [5, 5.41) is 3.37. The molecule has 0 bridgehead atoms. The summed E-state index contributed by atoms with van der Waals surface area (Å²) in [6.07, 6.45) is 3.60. The van der Waals surface area contributed by atoms with Gasteiger partial charge in [0.25, 0.3) is 0 Å². The molecule has 1 aliphatic carbocycles. The van der Waals surface area contributed by atoms with Gasteiger partial charge in [0.15, 0.2) is 0 Å². The van der Waals surface area contributed by atoms with Crippen molar-refractivity contribution in [3.8, 4) is 0 Å². The summed E-state index contributed by atoms with van der Waals surface area (Å²) in [4.78, 5) is 0. The van der Waals surface area contributed by atoms with Gasteiger partial charge in [-0.3, -0.25) is 0 Å². The molecule has 0 aromatic carbocycles. The van der Waals surface area contributed by atoms with Crippen LogP contribution in [-0.4, -0.2) is 32.2 Å². The Balaban J connectivity index is 1.89. The van der Waals surface area contributed by atoms with Crippen LogP contribution in [0.25, 0.3) is 0 Å². The van der Waals surface area contributed by atoms with Gasteiger partial charge in [-0.15, -0.1) is 0 Å². The van der Waals surface area contributed by atoms with Gasteiger partial charge in [-0.05, 0) is 44.6 Å². The fourth-order valence-corrected chi connectivity index (χ4v) is 3.35. The molecule has 1 atom stereocenters. The van der Waals surface area contributed by atoms with Gasteiger partial charge in [0.05, 0.1) is 0 Å². The van der Waals surface area contributed by atoms with Crippen LogP contribution in [0.4, 0.5) is 8.78 Å². The molecule has 1 N–H and O–H groups in total. The highest BCUT2D eigenvalue weighted by atomic mass is 19.3. The molecule has 0 aromatic heterocycles. The van der Waals surface area contributed by atoms with E-state index in [2.05, 4.69) is 5.32 Å². The summed E-state index contributed by atoms with van der Waals surface area (Å²) < 4.78 is 31.7. The zero-order valence-electron chi connectivity index (χ0n) is 10.6. The standard InChI is InChI=1S/C13H23F2NO/c1-16-12(11-4-8-17-9-5-11)10-2-6-13(14,15)7-3-10/h10-12,16H,2-9H2,1H3. The number of rotatable bonds is 3. The van der Waals surface area contributed by atoms with Gasteiger partial charge in [0.1, 0.15) is 0 Å². The Bertz CT molecular complexity index is 232. The number of hydrogen-bond donors (Lipinski definition) is 1. The molecule has 1 saturated carbocycles. The largest absolute Gasteiger partial charge is 0.381 e. The van der Waals surface area contributed by atoms with Crippen molar-refractivity contribution in [3.63, 3.8) is 0 Å². The molecule has 1 aliphatic heterocycles. The van der Waals surface area contributed by atoms with E-state index in [0.717, 1.165) is 26.1 Å². The number of alkyl halides is 2. The van der Waals surface area contributed by atoms with Crippen LogP contribution in [0.5, 0.6) is 0 Å². The molecular formula is C13H23F2NO. The lowest BCUT2D eigenvalue weighted by Crippen LogP contribution is -2.45. The predicted octanol–water partition coefficient (Wildman–Crippen LogP) is 2.83. The smallest absolute Gasteiger partial charge is 0.248 e. The summed E-state index contributed by atoms with van der Waals surface area (Å²) >= 11 is 0. The summed E-state index contributed by atoms with van der Waals surface area (Å²) in [7, 11) is 1.97. The molecule has 17 heavy (non-hydrogen) atoms. The first-order chi connectivity index (χ1) is 8.12. The first kappa shape index (κ1) is 13.2. The first-order valence-corrected chi connectivity index (χ1v) is 6.75. The van der Waals surface area contributed by atoms with Crippen LogP contribution < -0.4 is 5.32 Å². The lowest BCUT2D eigenvalue weighted by atomic mass is 9.75. The van der Waals surface area contributed by atoms with Gasteiger partial charge in [-0.25, -0.2) is 8.78 Å². The van der Waals surface area contributed by atoms with E-state index >= 15 is 0 Å². The molecular weight excluding hydrogens is 224 g/mol. The van der Waals surface area contributed by atoms with Crippen molar-refractivity contribution in [1.29, 1.82) is 0 Å². The van der Waals surface area contributed by atoms with Gasteiger partial charge < -0.3 is 10.1 Å². The molecule has 1 saturated heterocycles. The molecule has 4 heteroatoms. The monoisotopic (exact) mass is 247 g/mol. The first-order valence-electron chi connectivity index (χ1n) is 6.75. The van der Waals surface area contributed by atoms with E-state index in [0.29, 0.717) is 30.7 Å². The molecule has 0 spiro atoms. The van der Waals surface area contributed by atoms with Crippen molar-refractivity contribution in [2.24, 2.45) is 11.8 Å². The van der Waals surface area contributed by atoms with Crippen LogP contribution >= 0.6 is 0 Å². The molecule has 2 aliphatic rings. The van der Waals surface area contributed by atoms with Gasteiger partial charge >= 0.3 is 0 Å². The Morgan fingerprint density at radius 2 is 1.59 bits per heavy atom. The maximum atomic E-state index is 13.1. The molecule has 0 amide bonds. The molecule has 0 aromatic rings. The van der Waals surface area contributed by atoms with Crippen LogP contribution in [0.15, 0.2) is 0 Å². The van der Waals surface area contributed by atoms with Gasteiger partial charge in [-0.2, -0.15) is 0 Å². The molecule has 0 radical (unpaired) electrons. The molecule has 2 rings (SSSR count). The number of ether oxygens (including phenoxy) is 1. The minimum Gasteiger partial charge on any atom is -0.381 e. The fourth-order valence-electron chi connectivity index (χ4n) is 3.35. The van der Waals surface area contributed by atoms with E-state index in [1.807, 2.05) is 7.05 Å². The third-order valence-corrected chi connectivity index (χ3v) is 4.38. The topological polar surface area (TPSA) is 21.3 Å². The van der Waals surface area contributed by atoms with Gasteiger partial charge in [-0.1, -0.05) is 0 Å². The van der Waals surface area contributed by atoms with Crippen LogP contribution in [0.3, 0.4) is 0 Å². The third-order valence-electron chi connectivity index (χ3n) is 4.38. The fraction of sp³-hybridized carbons (Fsp3) is 1.00. The Kier molecular flexibility index (Phi) is 4.36. The van der Waals surface area contributed by atoms with Gasteiger partial charge in [0, 0.05) is 32.1 Å². The molecule has 100 valence electrons. The van der Waals surface area contributed by atoms with E-state index in [4.69, 9.17) is 4.74 Å². The maximum absolute atomic E-state index is 13.1. The van der Waals surface area contributed by atoms with Crippen LogP contribution in [0, 0.1) is 11.8 Å². The highest BCUT2D eigenvalue weighted by molar-refractivity contribution is 4.88. The highest BCUT2D eigenvalue weighted by Crippen LogP contribution is 2.39. The minimum atomic E-state index is -2.41. The van der Waals surface area contributed by atoms with Crippen molar-refractivity contribution in [2.75, 3.05) is 20.3 Å². The second-order valence-electron chi connectivity index (χ2n) is 5.46. The van der Waals surface area contributed by atoms with Crippen molar-refractivity contribution in [2.45, 2.75) is 50.5 Å². The SMILES string of the molecule is CNC(C1CCOCC1)C1CCC(F)(F)CC1. The average molecular weight is 247 g/mol. The quantitative estimate of drug-likeness (QED) is 0.828. The summed E-state index contributed by atoms with van der Waals surface area (Å²) in [6.45, 7) is 1.65. The Morgan fingerprint density at radius 3 is 2.12 bits per heavy atom. The Labute approximate surface area is 102 Å². The molecule has 2 fully saturated rings. The average Bonchev–Trinajstić information content (AvgIpc) is 2.33. The van der Waals surface area contributed by atoms with E-state index in [-0.39, 0.29) is 12.8 Å². The van der Waals surface area contributed by atoms with E-state index < -0.39 is 5.92 Å². The van der Waals surface area contributed by atoms with Crippen LogP contribution in [0.2, 0.25) is 0 Å². The zero-order chi connectivity index (χ0) is 12.3. The van der Waals surface area contributed by atoms with E-state index in [1.54, 1.807) is 0 Å². The van der Waals surface area contributed by atoms with Crippen molar-refractivity contribution in [3.05, 3.63) is 0 Å². The van der Waals surface area contributed by atoms with E-state index in [1.165, 1.54) is 0 Å². The van der Waals surface area contributed by atoms with Crippen molar-refractivity contribution >= 4 is 0 Å². The van der Waals surface area contributed by atoms with E-state index in [9.17, 15) is 8.78 Å². The minimum absolute atomic E-state index is 0.0685. The van der Waals surface area contributed by atoms with Gasteiger partial charge in [0.2, 0.25) is 5.92 Å². The number of halogens is 2. The summed E-state index contributed by atoms with van der Waals surface area (Å²) in [5.41, 5.74) is 0. The molecule has 2 nitrogen and oxygen atoms in total. The van der Waals surface area contributed by atoms with Crippen LogP contribution in [0.1, 0.15) is 38.5 Å². The summed E-state index contributed by atoms with van der Waals surface area (Å²) in [6, 6.07) is 0.398. The highest BCUT2D eigenvalue weighted by Gasteiger charge is 2.39. The number of nitrogens with one attached hydrogen (secondary N) is 1.